The van der Waals surface area contributed by atoms with Crippen LogP contribution in [0.4, 0.5) is 0 Å². The molecular weight excluding hydrogens is 426 g/mol. The Balaban J connectivity index is 4.32. The molecule has 0 heterocycles. The van der Waals surface area contributed by atoms with Gasteiger partial charge in [-0.1, -0.05) is 69.3 Å². The zero-order valence-electron chi connectivity index (χ0n) is 19.0. The van der Waals surface area contributed by atoms with E-state index in [0.29, 0.717) is 0 Å². The van der Waals surface area contributed by atoms with Gasteiger partial charge in [0.25, 0.3) is 0 Å². The van der Waals surface area contributed by atoms with E-state index in [0.717, 1.165) is 12.2 Å². The average molecular weight is 470 g/mol. The molecule has 0 aromatic heterocycles. The van der Waals surface area contributed by atoms with Crippen LogP contribution in [0.25, 0.3) is 0 Å². The van der Waals surface area contributed by atoms with Gasteiger partial charge in [0.15, 0.2) is 0 Å². The summed E-state index contributed by atoms with van der Waals surface area (Å²) in [6, 6.07) is 0. The van der Waals surface area contributed by atoms with Crippen LogP contribution >= 0.6 is 27.8 Å². The fourth-order valence-electron chi connectivity index (χ4n) is 3.01. The van der Waals surface area contributed by atoms with Crippen molar-refractivity contribution in [1.82, 2.24) is 0 Å². The molecule has 2 unspecified atom stereocenters. The molecule has 0 aromatic rings. The lowest BCUT2D eigenvalue weighted by molar-refractivity contribution is 0.0802. The maximum Gasteiger partial charge on any atom is 0.416 e. The molecular formula is C21H43O5P2S+. The first-order valence-corrected chi connectivity index (χ1v) is 14.8. The van der Waals surface area contributed by atoms with Crippen LogP contribution < -0.4 is 0 Å². The molecule has 0 bridgehead atoms. The third-order valence-electron chi connectivity index (χ3n) is 4.52. The number of hydrogen-bond acceptors (Lipinski definition) is 6. The van der Waals surface area contributed by atoms with Crippen molar-refractivity contribution in [3.8, 4) is 0 Å². The molecule has 0 aliphatic rings. The molecule has 0 rings (SSSR count). The Hall–Kier alpha value is 0.300. The van der Waals surface area contributed by atoms with E-state index in [1.54, 1.807) is 38.6 Å². The van der Waals surface area contributed by atoms with Crippen molar-refractivity contribution >= 4 is 27.8 Å². The Bertz CT molecular complexity index is 466. The molecule has 172 valence electrons. The highest BCUT2D eigenvalue weighted by Crippen LogP contribution is 2.66. The molecule has 0 aliphatic carbocycles. The summed E-state index contributed by atoms with van der Waals surface area (Å²) in [5.41, 5.74) is 0. The monoisotopic (exact) mass is 469 g/mol. The molecule has 29 heavy (non-hydrogen) atoms. The first kappa shape index (κ1) is 29.3. The topological polar surface area (TPSA) is 61.8 Å². The predicted molar refractivity (Wildman–Crippen MR) is 128 cm³/mol. The number of ether oxygens (including phenoxy) is 1. The molecule has 5 nitrogen and oxygen atoms in total. The van der Waals surface area contributed by atoms with Crippen LogP contribution in [-0.2, 0) is 22.9 Å². The first-order chi connectivity index (χ1) is 14.1. The van der Waals surface area contributed by atoms with Crippen LogP contribution in [0.3, 0.4) is 0 Å². The van der Waals surface area contributed by atoms with Gasteiger partial charge >= 0.3 is 21.1 Å². The second-order valence-electron chi connectivity index (χ2n) is 6.92. The fraction of sp³-hybridized carbons (Fsp3) is 0.905. The Morgan fingerprint density at radius 3 is 1.79 bits per heavy atom. The van der Waals surface area contributed by atoms with Crippen LogP contribution in [0, 0.1) is 0 Å². The highest BCUT2D eigenvalue weighted by Gasteiger charge is 2.59. The maximum absolute atomic E-state index is 13.2. The number of thioether (sulfide) groups is 1. The number of unbranched alkanes of at least 4 members (excludes halogenated alkanes) is 9. The summed E-state index contributed by atoms with van der Waals surface area (Å²) in [4.78, 5) is 0. The van der Waals surface area contributed by atoms with Gasteiger partial charge in [0, 0.05) is 6.08 Å². The van der Waals surface area contributed by atoms with Crippen LogP contribution in [0.15, 0.2) is 11.5 Å². The zero-order valence-corrected chi connectivity index (χ0v) is 21.7. The van der Waals surface area contributed by atoms with Gasteiger partial charge in [-0.05, 0) is 38.4 Å². The van der Waals surface area contributed by atoms with Crippen molar-refractivity contribution in [2.75, 3.05) is 25.6 Å². The summed E-state index contributed by atoms with van der Waals surface area (Å²) < 4.78 is 41.6. The van der Waals surface area contributed by atoms with Crippen LogP contribution in [-0.4, -0.2) is 30.7 Å². The lowest BCUT2D eigenvalue weighted by Gasteiger charge is -2.25. The largest absolute Gasteiger partial charge is 0.416 e. The van der Waals surface area contributed by atoms with E-state index >= 15 is 0 Å². The van der Waals surface area contributed by atoms with Gasteiger partial charge in [-0.25, -0.2) is 0 Å². The molecule has 0 fully saturated rings. The molecule has 0 spiro atoms. The quantitative estimate of drug-likeness (QED) is 0.125. The van der Waals surface area contributed by atoms with Crippen molar-refractivity contribution in [2.45, 2.75) is 97.0 Å². The summed E-state index contributed by atoms with van der Waals surface area (Å²) in [6.07, 6.45) is 14.7. The Labute approximate surface area is 184 Å². The van der Waals surface area contributed by atoms with Crippen molar-refractivity contribution in [1.29, 1.82) is 0 Å². The average Bonchev–Trinajstić information content (AvgIpc) is 2.71. The minimum atomic E-state index is -3.68. The van der Waals surface area contributed by atoms with Gasteiger partial charge in [0.2, 0.25) is 0 Å². The molecule has 0 saturated carbocycles. The van der Waals surface area contributed by atoms with E-state index in [4.69, 9.17) is 13.8 Å². The molecule has 0 N–H and O–H groups in total. The molecule has 2 atom stereocenters. The molecule has 0 radical (unpaired) electrons. The highest BCUT2D eigenvalue weighted by atomic mass is 32.2. The number of rotatable bonds is 21. The van der Waals surface area contributed by atoms with Gasteiger partial charge in [-0.3, -0.25) is 4.57 Å². The summed E-state index contributed by atoms with van der Waals surface area (Å²) in [6.45, 7) is 8.18. The minimum absolute atomic E-state index is 0.205. The Morgan fingerprint density at radius 2 is 1.34 bits per heavy atom. The highest BCUT2D eigenvalue weighted by molar-refractivity contribution is 8.02. The SMILES string of the molecule is CCCCCCCCCCCCSC=CC(OCC)([PH+]=O)P(=O)(OCC)OCC. The van der Waals surface area contributed by atoms with Crippen molar-refractivity contribution < 1.29 is 22.9 Å². The minimum Gasteiger partial charge on any atom is -0.320 e. The summed E-state index contributed by atoms with van der Waals surface area (Å²) in [5, 5.41) is 0.303. The lowest BCUT2D eigenvalue weighted by atomic mass is 10.1. The van der Waals surface area contributed by atoms with Crippen molar-refractivity contribution in [3.05, 3.63) is 11.5 Å². The van der Waals surface area contributed by atoms with Crippen molar-refractivity contribution in [2.24, 2.45) is 0 Å². The van der Waals surface area contributed by atoms with Gasteiger partial charge in [0.05, 0.1) is 19.8 Å². The summed E-state index contributed by atoms with van der Waals surface area (Å²) in [5.74, 6) is 0.977. The standard InChI is InChI=1S/C21H42O5P2S/c1-5-9-10-11-12-13-14-15-16-17-19-29-20-18-21(27-22,24-6-2)28(23,25-7-3)26-8-4/h18,20H,5-17,19H2,1-4H3/p+1. The van der Waals surface area contributed by atoms with Crippen LogP contribution in [0.2, 0.25) is 0 Å². The maximum atomic E-state index is 13.2. The third kappa shape index (κ3) is 12.1. The van der Waals surface area contributed by atoms with Gasteiger partial charge < -0.3 is 13.8 Å². The smallest absolute Gasteiger partial charge is 0.320 e. The Morgan fingerprint density at radius 1 is 0.828 bits per heavy atom. The summed E-state index contributed by atoms with van der Waals surface area (Å²) >= 11 is 1.62. The first-order valence-electron chi connectivity index (χ1n) is 11.3. The van der Waals surface area contributed by atoms with E-state index in [-0.39, 0.29) is 19.8 Å². The van der Waals surface area contributed by atoms with Crippen LogP contribution in [0.5, 0.6) is 0 Å². The summed E-state index contributed by atoms with van der Waals surface area (Å²) in [7, 11) is -4.66. The van der Waals surface area contributed by atoms with Gasteiger partial charge in [0.1, 0.15) is 0 Å². The van der Waals surface area contributed by atoms with Crippen molar-refractivity contribution in [3.63, 3.8) is 0 Å². The molecule has 0 saturated heterocycles. The van der Waals surface area contributed by atoms with E-state index < -0.39 is 21.1 Å². The van der Waals surface area contributed by atoms with E-state index in [2.05, 4.69) is 6.92 Å². The molecule has 0 aromatic carbocycles. The van der Waals surface area contributed by atoms with Gasteiger partial charge in [-0.15, -0.1) is 11.8 Å². The molecule has 0 aliphatic heterocycles. The molecule has 8 heteroatoms. The van der Waals surface area contributed by atoms with Crippen LogP contribution in [0.1, 0.15) is 91.9 Å². The van der Waals surface area contributed by atoms with E-state index in [1.165, 1.54) is 57.8 Å². The fourth-order valence-corrected chi connectivity index (χ4v) is 6.90. The third-order valence-corrected chi connectivity index (χ3v) is 9.36. The van der Waals surface area contributed by atoms with Gasteiger partial charge in [-0.2, -0.15) is 0 Å². The second-order valence-corrected chi connectivity index (χ2v) is 11.5. The Kier molecular flexibility index (Phi) is 19.2. The lowest BCUT2D eigenvalue weighted by Crippen LogP contribution is -2.26. The van der Waals surface area contributed by atoms with E-state index in [9.17, 15) is 9.13 Å². The number of hydrogen-bond donors (Lipinski definition) is 0. The molecule has 0 amide bonds. The zero-order chi connectivity index (χ0) is 21.8. The normalized spacial score (nSPS) is 14.6. The second kappa shape index (κ2) is 19.0. The van der Waals surface area contributed by atoms with E-state index in [1.807, 2.05) is 5.41 Å². The predicted octanol–water partition coefficient (Wildman–Crippen LogP) is 8.13.